The topological polar surface area (TPSA) is 34.4 Å². The van der Waals surface area contributed by atoms with Gasteiger partial charge in [0.15, 0.2) is 6.29 Å². The number of halogens is 1. The number of aldehydes is 1. The number of carbonyl (C=O) groups is 1. The zero-order chi connectivity index (χ0) is 10.7. The largest absolute Gasteiger partial charge is 0.296 e. The van der Waals surface area contributed by atoms with Crippen molar-refractivity contribution in [3.63, 3.8) is 0 Å². The van der Waals surface area contributed by atoms with Crippen molar-refractivity contribution in [3.8, 4) is 11.2 Å². The standard InChI is InChI=1S/C10H5IN2OS/c11-15-4-3-8-1-2-9-5-12-7-13(9)10(8)6-14/h1-2,5-7H. The second-order valence-electron chi connectivity index (χ2n) is 2.74. The van der Waals surface area contributed by atoms with E-state index in [1.807, 2.05) is 12.1 Å². The Morgan fingerprint density at radius 2 is 2.40 bits per heavy atom. The van der Waals surface area contributed by atoms with Crippen LogP contribution in [0.25, 0.3) is 5.52 Å². The summed E-state index contributed by atoms with van der Waals surface area (Å²) < 4.78 is 1.73. The number of aromatic nitrogens is 2. The van der Waals surface area contributed by atoms with Crippen LogP contribution >= 0.6 is 30.1 Å². The van der Waals surface area contributed by atoms with E-state index in [4.69, 9.17) is 0 Å². The molecule has 0 aromatic carbocycles. The number of hydrogen-bond donors (Lipinski definition) is 0. The van der Waals surface area contributed by atoms with Gasteiger partial charge in [-0.05, 0) is 26.3 Å². The highest BCUT2D eigenvalue weighted by Crippen LogP contribution is 2.12. The first kappa shape index (κ1) is 10.5. The summed E-state index contributed by atoms with van der Waals surface area (Å²) in [6, 6.07) is 3.72. The molecule has 0 saturated heterocycles. The predicted molar refractivity (Wildman–Crippen MR) is 69.1 cm³/mol. The number of fused-ring (bicyclic) bond motifs is 1. The molecular weight excluding hydrogens is 323 g/mol. The maximum Gasteiger partial charge on any atom is 0.168 e. The lowest BCUT2D eigenvalue weighted by Gasteiger charge is -2.00. The molecule has 2 aromatic heterocycles. The lowest BCUT2D eigenvalue weighted by Crippen LogP contribution is -1.97. The number of nitrogens with zero attached hydrogens (tertiary/aromatic N) is 2. The van der Waals surface area contributed by atoms with Crippen LogP contribution in [0.3, 0.4) is 0 Å². The highest BCUT2D eigenvalue weighted by molar-refractivity contribution is 14.2. The second-order valence-corrected chi connectivity index (χ2v) is 4.42. The fourth-order valence-corrected chi connectivity index (χ4v) is 1.79. The third kappa shape index (κ3) is 2.01. The summed E-state index contributed by atoms with van der Waals surface area (Å²) in [7, 11) is 1.39. The van der Waals surface area contributed by atoms with E-state index in [9.17, 15) is 4.79 Å². The Labute approximate surface area is 103 Å². The van der Waals surface area contributed by atoms with E-state index >= 15 is 0 Å². The van der Waals surface area contributed by atoms with Crippen molar-refractivity contribution >= 4 is 41.9 Å². The number of pyridine rings is 1. The third-order valence-electron chi connectivity index (χ3n) is 1.96. The summed E-state index contributed by atoms with van der Waals surface area (Å²) >= 11 is 2.09. The van der Waals surface area contributed by atoms with Crippen molar-refractivity contribution in [1.29, 1.82) is 0 Å². The van der Waals surface area contributed by atoms with Crippen molar-refractivity contribution in [2.75, 3.05) is 0 Å². The predicted octanol–water partition coefficient (Wildman–Crippen LogP) is 2.54. The van der Waals surface area contributed by atoms with Gasteiger partial charge in [-0.2, -0.15) is 0 Å². The van der Waals surface area contributed by atoms with E-state index < -0.39 is 0 Å². The molecule has 5 heteroatoms. The van der Waals surface area contributed by atoms with Gasteiger partial charge in [-0.25, -0.2) is 4.98 Å². The molecule has 0 unspecified atom stereocenters. The van der Waals surface area contributed by atoms with Crippen LogP contribution in [0.1, 0.15) is 16.1 Å². The number of carbonyl (C=O) groups excluding carboxylic acids is 1. The quantitative estimate of drug-likeness (QED) is 0.458. The Morgan fingerprint density at radius 1 is 1.53 bits per heavy atom. The average molecular weight is 328 g/mol. The summed E-state index contributed by atoms with van der Waals surface area (Å²) in [5, 5.41) is 2.86. The Hall–Kier alpha value is -1.00. The molecule has 0 radical (unpaired) electrons. The van der Waals surface area contributed by atoms with Gasteiger partial charge < -0.3 is 0 Å². The highest BCUT2D eigenvalue weighted by Gasteiger charge is 2.04. The molecule has 2 heterocycles. The van der Waals surface area contributed by atoms with E-state index in [1.165, 1.54) is 8.93 Å². The van der Waals surface area contributed by atoms with E-state index in [0.29, 0.717) is 5.69 Å². The first-order chi connectivity index (χ1) is 7.36. The molecule has 3 nitrogen and oxygen atoms in total. The number of hydrogen-bond acceptors (Lipinski definition) is 3. The zero-order valence-corrected chi connectivity index (χ0v) is 10.4. The van der Waals surface area contributed by atoms with Crippen molar-refractivity contribution in [1.82, 2.24) is 9.38 Å². The first-order valence-electron chi connectivity index (χ1n) is 4.05. The maximum absolute atomic E-state index is 11.0. The summed E-state index contributed by atoms with van der Waals surface area (Å²) in [4.78, 5) is 15.0. The molecule has 0 N–H and O–H groups in total. The SMILES string of the molecule is O=Cc1c(C#CSI)ccc2cncn12. The van der Waals surface area contributed by atoms with Crippen molar-refractivity contribution < 1.29 is 4.79 Å². The molecule has 74 valence electrons. The van der Waals surface area contributed by atoms with Gasteiger partial charge in [0.05, 0.1) is 23.6 Å². The first-order valence-corrected chi connectivity index (χ1v) is 7.41. The molecule has 0 saturated carbocycles. The van der Waals surface area contributed by atoms with Crippen LogP contribution in [0.2, 0.25) is 0 Å². The molecule has 0 atom stereocenters. The summed E-state index contributed by atoms with van der Waals surface area (Å²) in [6.07, 6.45) is 4.12. The van der Waals surface area contributed by atoms with Gasteiger partial charge in [-0.1, -0.05) is 5.92 Å². The average Bonchev–Trinajstić information content (AvgIpc) is 2.73. The molecule has 0 bridgehead atoms. The van der Waals surface area contributed by atoms with Gasteiger partial charge in [-0.3, -0.25) is 9.20 Å². The van der Waals surface area contributed by atoms with Gasteiger partial charge in [0.1, 0.15) is 5.69 Å². The molecule has 2 rings (SSSR count). The molecular formula is C10H5IN2OS. The minimum atomic E-state index is 0.544. The normalized spacial score (nSPS) is 9.67. The molecule has 0 aliphatic rings. The van der Waals surface area contributed by atoms with Gasteiger partial charge in [0, 0.05) is 21.2 Å². The van der Waals surface area contributed by atoms with Gasteiger partial charge in [0.2, 0.25) is 0 Å². The lowest BCUT2D eigenvalue weighted by atomic mass is 10.2. The van der Waals surface area contributed by atoms with Crippen LogP contribution in [0.4, 0.5) is 0 Å². The minimum absolute atomic E-state index is 0.544. The molecule has 2 aromatic rings. The smallest absolute Gasteiger partial charge is 0.168 e. The number of rotatable bonds is 1. The van der Waals surface area contributed by atoms with Crippen LogP contribution < -0.4 is 0 Å². The van der Waals surface area contributed by atoms with E-state index in [2.05, 4.69) is 37.4 Å². The summed E-state index contributed by atoms with van der Waals surface area (Å²) in [6.45, 7) is 0. The monoisotopic (exact) mass is 328 g/mol. The fraction of sp³-hybridized carbons (Fsp3) is 0. The molecule has 0 aliphatic carbocycles. The van der Waals surface area contributed by atoms with Crippen LogP contribution in [0.5, 0.6) is 0 Å². The van der Waals surface area contributed by atoms with Gasteiger partial charge in [-0.15, -0.1) is 0 Å². The van der Waals surface area contributed by atoms with Crippen molar-refractivity contribution in [3.05, 3.63) is 35.9 Å². The molecule has 15 heavy (non-hydrogen) atoms. The minimum Gasteiger partial charge on any atom is -0.296 e. The van der Waals surface area contributed by atoms with E-state index in [-0.39, 0.29) is 0 Å². The Balaban J connectivity index is 2.69. The third-order valence-corrected chi connectivity index (χ3v) is 2.80. The molecule has 0 fully saturated rings. The Morgan fingerprint density at radius 3 is 3.13 bits per heavy atom. The number of imidazole rings is 1. The van der Waals surface area contributed by atoms with Gasteiger partial charge >= 0.3 is 0 Å². The van der Waals surface area contributed by atoms with Gasteiger partial charge in [0.25, 0.3) is 0 Å². The van der Waals surface area contributed by atoms with Crippen LogP contribution in [0, 0.1) is 11.2 Å². The molecule has 0 aliphatic heterocycles. The Bertz CT molecular complexity index is 568. The Kier molecular flexibility index (Phi) is 3.28. The fourth-order valence-electron chi connectivity index (χ4n) is 1.31. The van der Waals surface area contributed by atoms with Crippen LogP contribution in [-0.4, -0.2) is 15.7 Å². The molecule has 0 amide bonds. The van der Waals surface area contributed by atoms with Crippen LogP contribution in [0.15, 0.2) is 24.7 Å². The zero-order valence-electron chi connectivity index (χ0n) is 7.48. The summed E-state index contributed by atoms with van der Waals surface area (Å²) in [5.74, 6) is 2.92. The second kappa shape index (κ2) is 4.68. The molecule has 0 spiro atoms. The van der Waals surface area contributed by atoms with Crippen LogP contribution in [-0.2, 0) is 0 Å². The van der Waals surface area contributed by atoms with Crippen molar-refractivity contribution in [2.24, 2.45) is 0 Å². The van der Waals surface area contributed by atoms with Crippen molar-refractivity contribution in [2.45, 2.75) is 0 Å². The highest BCUT2D eigenvalue weighted by atomic mass is 127. The van der Waals surface area contributed by atoms with E-state index in [0.717, 1.165) is 17.4 Å². The lowest BCUT2D eigenvalue weighted by molar-refractivity contribution is 0.111. The maximum atomic E-state index is 11.0. The van der Waals surface area contributed by atoms with E-state index in [1.54, 1.807) is 16.9 Å². The summed E-state index contributed by atoms with van der Waals surface area (Å²) in [5.41, 5.74) is 2.16.